The van der Waals surface area contributed by atoms with E-state index in [-0.39, 0.29) is 0 Å². The number of nitrogens with one attached hydrogen (secondary N) is 3. The van der Waals surface area contributed by atoms with E-state index in [4.69, 9.17) is 22.2 Å². The van der Waals surface area contributed by atoms with Gasteiger partial charge in [0.15, 0.2) is 5.11 Å². The van der Waals surface area contributed by atoms with Crippen LogP contribution in [0.3, 0.4) is 0 Å². The molecule has 152 valence electrons. The highest BCUT2D eigenvalue weighted by Gasteiger charge is 2.09. The van der Waals surface area contributed by atoms with Crippen LogP contribution in [-0.2, 0) is 4.79 Å². The Kier molecular flexibility index (Phi) is 7.15. The minimum atomic E-state index is -0.607. The van der Waals surface area contributed by atoms with Gasteiger partial charge in [-0.05, 0) is 65.3 Å². The fourth-order valence-electron chi connectivity index (χ4n) is 2.85. The highest BCUT2D eigenvalue weighted by Crippen LogP contribution is 2.26. The summed E-state index contributed by atoms with van der Waals surface area (Å²) in [4.78, 5) is 11.8. The molecule has 1 amide bonds. The molecular formula is C23H21N3O3S. The van der Waals surface area contributed by atoms with E-state index in [2.05, 4.69) is 10.6 Å². The molecule has 0 fully saturated rings. The molecule has 4 N–H and O–H groups in total. The number of rotatable bonds is 6. The van der Waals surface area contributed by atoms with Crippen molar-refractivity contribution in [3.8, 4) is 5.75 Å². The third-order valence-electron chi connectivity index (χ3n) is 4.25. The maximum Gasteiger partial charge on any atom is 0.267 e. The standard InChI is InChI=1S/C23H21N3O3S/c1-29-20-12-10-18(11-13-20)24-23(30)25-19-9-5-8-17(14-19)21(15-22(27)26-28)16-6-3-2-4-7-16/h2-15,28H,1H3,(H,26,27)(H2,24,25,30)/b21-15-. The summed E-state index contributed by atoms with van der Waals surface area (Å²) in [6.45, 7) is 0. The third-order valence-corrected chi connectivity index (χ3v) is 4.45. The van der Waals surface area contributed by atoms with E-state index in [0.29, 0.717) is 10.7 Å². The predicted octanol–water partition coefficient (Wildman–Crippen LogP) is 4.44. The molecule has 6 nitrogen and oxygen atoms in total. The average molecular weight is 420 g/mol. The molecule has 0 heterocycles. The molecule has 3 aromatic rings. The molecule has 0 radical (unpaired) electrons. The van der Waals surface area contributed by atoms with Crippen LogP contribution in [0.25, 0.3) is 5.57 Å². The van der Waals surface area contributed by atoms with Crippen LogP contribution < -0.4 is 20.9 Å². The van der Waals surface area contributed by atoms with Crippen molar-refractivity contribution in [1.82, 2.24) is 5.48 Å². The van der Waals surface area contributed by atoms with Gasteiger partial charge in [-0.3, -0.25) is 10.0 Å². The van der Waals surface area contributed by atoms with Crippen molar-refractivity contribution in [3.05, 3.63) is 96.1 Å². The average Bonchev–Trinajstić information content (AvgIpc) is 2.78. The SMILES string of the molecule is COc1ccc(NC(=S)Nc2cccc(/C(=C\C(=O)NO)c3ccccc3)c2)cc1. The summed E-state index contributed by atoms with van der Waals surface area (Å²) in [5.74, 6) is 0.156. The van der Waals surface area contributed by atoms with Gasteiger partial charge in [0.2, 0.25) is 0 Å². The van der Waals surface area contributed by atoms with E-state index >= 15 is 0 Å². The number of anilines is 2. The summed E-state index contributed by atoms with van der Waals surface area (Å²) in [6.07, 6.45) is 1.35. The molecule has 7 heteroatoms. The maximum atomic E-state index is 11.8. The zero-order valence-corrected chi connectivity index (χ0v) is 17.1. The van der Waals surface area contributed by atoms with Crippen molar-refractivity contribution in [2.75, 3.05) is 17.7 Å². The zero-order valence-electron chi connectivity index (χ0n) is 16.3. The van der Waals surface area contributed by atoms with Crippen molar-refractivity contribution in [1.29, 1.82) is 0 Å². The normalized spacial score (nSPS) is 10.8. The monoisotopic (exact) mass is 419 g/mol. The van der Waals surface area contributed by atoms with Gasteiger partial charge in [0.25, 0.3) is 5.91 Å². The second kappa shape index (κ2) is 10.2. The van der Waals surface area contributed by atoms with Gasteiger partial charge in [-0.2, -0.15) is 0 Å². The summed E-state index contributed by atoms with van der Waals surface area (Å²) in [5.41, 5.74) is 5.53. The highest BCUT2D eigenvalue weighted by molar-refractivity contribution is 7.80. The number of methoxy groups -OCH3 is 1. The summed E-state index contributed by atoms with van der Waals surface area (Å²) < 4.78 is 5.15. The van der Waals surface area contributed by atoms with Crippen LogP contribution >= 0.6 is 12.2 Å². The Hall–Kier alpha value is -3.68. The smallest absolute Gasteiger partial charge is 0.267 e. The summed E-state index contributed by atoms with van der Waals surface area (Å²) >= 11 is 5.41. The van der Waals surface area contributed by atoms with Crippen molar-refractivity contribution < 1.29 is 14.7 Å². The minimum absolute atomic E-state index is 0.427. The van der Waals surface area contributed by atoms with Crippen LogP contribution in [-0.4, -0.2) is 23.3 Å². The zero-order chi connectivity index (χ0) is 21.3. The summed E-state index contributed by atoms with van der Waals surface area (Å²) in [7, 11) is 1.62. The first-order valence-electron chi connectivity index (χ1n) is 9.12. The number of hydrogen-bond donors (Lipinski definition) is 4. The second-order valence-electron chi connectivity index (χ2n) is 6.29. The van der Waals surface area contributed by atoms with Crippen molar-refractivity contribution in [3.63, 3.8) is 0 Å². The van der Waals surface area contributed by atoms with Gasteiger partial charge in [-0.1, -0.05) is 42.5 Å². The third kappa shape index (κ3) is 5.66. The van der Waals surface area contributed by atoms with Crippen molar-refractivity contribution in [2.24, 2.45) is 0 Å². The summed E-state index contributed by atoms with van der Waals surface area (Å²) in [6, 6.07) is 24.4. The molecular weight excluding hydrogens is 398 g/mol. The first kappa shape index (κ1) is 21.0. The van der Waals surface area contributed by atoms with Crippen LogP contribution in [0.5, 0.6) is 5.75 Å². The number of hydrogen-bond acceptors (Lipinski definition) is 4. The Morgan fingerprint density at radius 1 is 0.900 bits per heavy atom. The molecule has 0 unspecified atom stereocenters. The molecule has 0 bridgehead atoms. The van der Waals surface area contributed by atoms with Gasteiger partial charge in [-0.15, -0.1) is 0 Å². The van der Waals surface area contributed by atoms with Gasteiger partial charge in [0, 0.05) is 17.5 Å². The quantitative estimate of drug-likeness (QED) is 0.205. The Morgan fingerprint density at radius 3 is 2.23 bits per heavy atom. The largest absolute Gasteiger partial charge is 0.497 e. The molecule has 0 aliphatic heterocycles. The van der Waals surface area contributed by atoms with Crippen molar-refractivity contribution >= 4 is 40.2 Å². The number of thiocarbonyl (C=S) groups is 1. The fraction of sp³-hybridized carbons (Fsp3) is 0.0435. The fourth-order valence-corrected chi connectivity index (χ4v) is 3.08. The molecule has 3 rings (SSSR count). The van der Waals surface area contributed by atoms with Crippen LogP contribution in [0, 0.1) is 0 Å². The molecule has 0 spiro atoms. The lowest BCUT2D eigenvalue weighted by molar-refractivity contribution is -0.124. The number of carbonyl (C=O) groups excluding carboxylic acids is 1. The minimum Gasteiger partial charge on any atom is -0.497 e. The van der Waals surface area contributed by atoms with Gasteiger partial charge >= 0.3 is 0 Å². The molecule has 0 saturated heterocycles. The number of hydroxylamine groups is 1. The number of amides is 1. The van der Waals surface area contributed by atoms with Gasteiger partial charge < -0.3 is 15.4 Å². The van der Waals surface area contributed by atoms with Gasteiger partial charge in [0.05, 0.1) is 7.11 Å². The van der Waals surface area contributed by atoms with Crippen LogP contribution in [0.15, 0.2) is 84.9 Å². The van der Waals surface area contributed by atoms with E-state index in [1.165, 1.54) is 6.08 Å². The van der Waals surface area contributed by atoms with Crippen LogP contribution in [0.4, 0.5) is 11.4 Å². The van der Waals surface area contributed by atoms with Crippen molar-refractivity contribution in [2.45, 2.75) is 0 Å². The predicted molar refractivity (Wildman–Crippen MR) is 123 cm³/mol. The molecule has 0 atom stereocenters. The molecule has 30 heavy (non-hydrogen) atoms. The number of benzene rings is 3. The highest BCUT2D eigenvalue weighted by atomic mass is 32.1. The molecule has 0 aliphatic carbocycles. The first-order chi connectivity index (χ1) is 14.6. The van der Waals surface area contributed by atoms with E-state index < -0.39 is 5.91 Å². The molecule has 0 aromatic heterocycles. The Balaban J connectivity index is 1.80. The van der Waals surface area contributed by atoms with Crippen LogP contribution in [0.2, 0.25) is 0 Å². The number of carbonyl (C=O) groups is 1. The Bertz CT molecular complexity index is 1050. The molecule has 0 saturated carbocycles. The first-order valence-corrected chi connectivity index (χ1v) is 9.53. The van der Waals surface area contributed by atoms with E-state index in [1.807, 2.05) is 78.9 Å². The molecule has 3 aromatic carbocycles. The molecule has 0 aliphatic rings. The van der Waals surface area contributed by atoms with Gasteiger partial charge in [-0.25, -0.2) is 5.48 Å². The number of ether oxygens (including phenoxy) is 1. The topological polar surface area (TPSA) is 82.6 Å². The van der Waals surface area contributed by atoms with E-state index in [1.54, 1.807) is 12.6 Å². The summed E-state index contributed by atoms with van der Waals surface area (Å²) in [5, 5.41) is 15.6. The lowest BCUT2D eigenvalue weighted by Crippen LogP contribution is -2.19. The lowest BCUT2D eigenvalue weighted by Gasteiger charge is -2.13. The Labute approximate surface area is 180 Å². The van der Waals surface area contributed by atoms with Crippen LogP contribution in [0.1, 0.15) is 11.1 Å². The van der Waals surface area contributed by atoms with Gasteiger partial charge in [0.1, 0.15) is 5.75 Å². The second-order valence-corrected chi connectivity index (χ2v) is 6.70. The maximum absolute atomic E-state index is 11.8. The lowest BCUT2D eigenvalue weighted by atomic mass is 9.97. The van der Waals surface area contributed by atoms with E-state index in [0.717, 1.165) is 28.3 Å². The van der Waals surface area contributed by atoms with E-state index in [9.17, 15) is 4.79 Å². The Morgan fingerprint density at radius 2 is 1.57 bits per heavy atom.